The van der Waals surface area contributed by atoms with Gasteiger partial charge in [0.2, 0.25) is 5.82 Å². The largest absolute Gasteiger partial charge is 0.508 e. The van der Waals surface area contributed by atoms with Crippen molar-refractivity contribution in [3.05, 3.63) is 65.1 Å². The summed E-state index contributed by atoms with van der Waals surface area (Å²) in [6.07, 6.45) is 5.58. The summed E-state index contributed by atoms with van der Waals surface area (Å²) < 4.78 is 45.6. The van der Waals surface area contributed by atoms with Gasteiger partial charge in [0.1, 0.15) is 22.9 Å². The van der Waals surface area contributed by atoms with Crippen molar-refractivity contribution in [2.75, 3.05) is 64.0 Å². The molecule has 2 atom stereocenters. The first-order chi connectivity index (χ1) is 26.9. The Morgan fingerprint density at radius 1 is 1.05 bits per heavy atom. The van der Waals surface area contributed by atoms with Crippen molar-refractivity contribution in [1.29, 1.82) is 0 Å². The van der Waals surface area contributed by atoms with Gasteiger partial charge in [-0.1, -0.05) is 13.0 Å². The van der Waals surface area contributed by atoms with Crippen molar-refractivity contribution >= 4 is 33.4 Å². The number of aromatic nitrogens is 5. The molecule has 0 aliphatic carbocycles. The lowest BCUT2D eigenvalue weighted by atomic mass is 9.96. The number of pyridine rings is 1. The third-order valence-electron chi connectivity index (χ3n) is 11.5. The van der Waals surface area contributed by atoms with E-state index in [2.05, 4.69) is 15.2 Å². The first-order valence-corrected chi connectivity index (χ1v) is 19.4. The van der Waals surface area contributed by atoms with E-state index in [0.29, 0.717) is 103 Å². The summed E-state index contributed by atoms with van der Waals surface area (Å²) >= 11 is 0. The number of carbonyl (C=O) groups excluding carboxylic acids is 1. The standard InChI is InChI=1S/C40H45F2N9O4/c1-2-29-32(41)8-5-24-17-28(52)19-30(34(24)29)37-45-36-31(20-44-39(35(36)42)55-16-4-12-50-25-6-7-26(50)23-54-22-25)38(46-37)49-11-3-13-51-27(21-49)18-33(47-51)40(53)48-14-9-43-10-15-48/h5,8,17-20,25-26,43,52H,2-4,6-7,9-16,21-23H2,1H3. The van der Waals surface area contributed by atoms with Gasteiger partial charge in [-0.25, -0.2) is 19.3 Å². The minimum Gasteiger partial charge on any atom is -0.508 e. The number of halogens is 2. The number of phenols is 1. The number of carbonyl (C=O) groups is 1. The topological polar surface area (TPSA) is 134 Å². The van der Waals surface area contributed by atoms with E-state index in [4.69, 9.17) is 24.5 Å². The molecule has 2 unspecified atom stereocenters. The van der Waals surface area contributed by atoms with E-state index >= 15 is 8.78 Å². The summed E-state index contributed by atoms with van der Waals surface area (Å²) in [5.74, 6) is -0.843. The molecule has 7 heterocycles. The quantitative estimate of drug-likeness (QED) is 0.204. The van der Waals surface area contributed by atoms with Gasteiger partial charge in [0.15, 0.2) is 11.5 Å². The van der Waals surface area contributed by atoms with E-state index in [0.717, 1.165) is 51.4 Å². The molecular weight excluding hydrogens is 708 g/mol. The first-order valence-electron chi connectivity index (χ1n) is 19.4. The first kappa shape index (κ1) is 35.7. The molecule has 15 heteroatoms. The molecule has 13 nitrogen and oxygen atoms in total. The molecule has 0 spiro atoms. The number of morpholine rings is 1. The number of ether oxygens (including phenoxy) is 2. The predicted octanol–water partition coefficient (Wildman–Crippen LogP) is 4.68. The van der Waals surface area contributed by atoms with Crippen LogP contribution in [0.4, 0.5) is 14.6 Å². The van der Waals surface area contributed by atoms with Gasteiger partial charge in [-0.15, -0.1) is 0 Å². The number of aromatic hydroxyl groups is 1. The summed E-state index contributed by atoms with van der Waals surface area (Å²) in [6.45, 7) is 8.67. The molecule has 1 amide bonds. The van der Waals surface area contributed by atoms with Gasteiger partial charge in [0.05, 0.1) is 37.4 Å². The molecule has 9 rings (SSSR count). The highest BCUT2D eigenvalue weighted by Crippen LogP contribution is 2.39. The zero-order valence-corrected chi connectivity index (χ0v) is 30.9. The molecule has 0 radical (unpaired) electrons. The van der Waals surface area contributed by atoms with Crippen LogP contribution < -0.4 is 15.0 Å². The fraction of sp³-hybridized carbons (Fsp3) is 0.475. The monoisotopic (exact) mass is 753 g/mol. The van der Waals surface area contributed by atoms with Gasteiger partial charge in [0, 0.05) is 69.7 Å². The van der Waals surface area contributed by atoms with E-state index < -0.39 is 5.82 Å². The van der Waals surface area contributed by atoms with Gasteiger partial charge in [-0.05, 0) is 72.7 Å². The highest BCUT2D eigenvalue weighted by atomic mass is 19.1. The molecule has 2 bridgehead atoms. The van der Waals surface area contributed by atoms with Crippen LogP contribution in [-0.2, 0) is 24.2 Å². The van der Waals surface area contributed by atoms with Gasteiger partial charge in [-0.3, -0.25) is 14.4 Å². The van der Waals surface area contributed by atoms with Crippen molar-refractivity contribution in [2.45, 2.75) is 64.2 Å². The van der Waals surface area contributed by atoms with Crippen LogP contribution in [0.15, 0.2) is 36.5 Å². The molecule has 288 valence electrons. The van der Waals surface area contributed by atoms with Crippen LogP contribution in [0.3, 0.4) is 0 Å². The van der Waals surface area contributed by atoms with E-state index in [1.807, 2.05) is 27.5 Å². The Labute approximate surface area is 317 Å². The molecule has 2 aromatic carbocycles. The molecule has 3 saturated heterocycles. The van der Waals surface area contributed by atoms with Crippen molar-refractivity contribution in [2.24, 2.45) is 0 Å². The second-order valence-electron chi connectivity index (χ2n) is 14.9. The lowest BCUT2D eigenvalue weighted by Gasteiger charge is -2.34. The molecule has 4 aliphatic rings. The van der Waals surface area contributed by atoms with Gasteiger partial charge >= 0.3 is 0 Å². The SMILES string of the molecule is CCc1c(F)ccc2cc(O)cc(-c3nc(N4CCCn5nc(C(=O)N6CCNCC6)cc5C4)c4cnc(OCCCN5C6CCC5COC6)c(F)c4n3)c12. The highest BCUT2D eigenvalue weighted by molar-refractivity contribution is 6.01. The molecule has 55 heavy (non-hydrogen) atoms. The number of amides is 1. The fourth-order valence-corrected chi connectivity index (χ4v) is 8.78. The molecule has 2 N–H and O–H groups in total. The van der Waals surface area contributed by atoms with Crippen LogP contribution in [0.25, 0.3) is 33.1 Å². The van der Waals surface area contributed by atoms with Crippen LogP contribution >= 0.6 is 0 Å². The normalized spacial score (nSPS) is 20.3. The Morgan fingerprint density at radius 3 is 2.67 bits per heavy atom. The summed E-state index contributed by atoms with van der Waals surface area (Å²) in [4.78, 5) is 34.0. The number of hydrogen-bond donors (Lipinski definition) is 2. The van der Waals surface area contributed by atoms with Gasteiger partial charge in [0.25, 0.3) is 11.8 Å². The highest BCUT2D eigenvalue weighted by Gasteiger charge is 2.36. The lowest BCUT2D eigenvalue weighted by molar-refractivity contribution is -0.0161. The third-order valence-corrected chi connectivity index (χ3v) is 11.5. The fourth-order valence-electron chi connectivity index (χ4n) is 8.78. The number of hydrogen-bond acceptors (Lipinski definition) is 11. The zero-order valence-electron chi connectivity index (χ0n) is 30.9. The van der Waals surface area contributed by atoms with Crippen molar-refractivity contribution in [3.8, 4) is 23.0 Å². The molecule has 0 saturated carbocycles. The average molecular weight is 754 g/mol. The van der Waals surface area contributed by atoms with Crippen LogP contribution in [0.2, 0.25) is 0 Å². The number of nitrogens with zero attached hydrogens (tertiary/aromatic N) is 8. The number of fused-ring (bicyclic) bond motifs is 5. The molecule has 5 aromatic rings. The Hall–Kier alpha value is -4.99. The van der Waals surface area contributed by atoms with Crippen LogP contribution in [-0.4, -0.2) is 117 Å². The lowest BCUT2D eigenvalue weighted by Crippen LogP contribution is -2.46. The minimum atomic E-state index is -0.719. The third kappa shape index (κ3) is 6.71. The van der Waals surface area contributed by atoms with Crippen LogP contribution in [0.5, 0.6) is 11.6 Å². The van der Waals surface area contributed by atoms with E-state index in [9.17, 15) is 9.90 Å². The Kier molecular flexibility index (Phi) is 9.68. The summed E-state index contributed by atoms with van der Waals surface area (Å²) in [6, 6.07) is 8.77. The summed E-state index contributed by atoms with van der Waals surface area (Å²) in [5, 5.41) is 20.4. The number of piperazine rings is 1. The van der Waals surface area contributed by atoms with E-state index in [-0.39, 0.29) is 41.3 Å². The number of anilines is 1. The maximum Gasteiger partial charge on any atom is 0.274 e. The number of aryl methyl sites for hydroxylation is 2. The zero-order chi connectivity index (χ0) is 37.6. The Morgan fingerprint density at radius 2 is 1.87 bits per heavy atom. The van der Waals surface area contributed by atoms with Gasteiger partial charge < -0.3 is 29.7 Å². The Balaban J connectivity index is 1.09. The van der Waals surface area contributed by atoms with Crippen LogP contribution in [0, 0.1) is 11.6 Å². The summed E-state index contributed by atoms with van der Waals surface area (Å²) in [5.41, 5.74) is 2.06. The number of phenolic OH excluding ortho intramolecular Hbond substituents is 1. The second kappa shape index (κ2) is 14.9. The second-order valence-corrected chi connectivity index (χ2v) is 14.9. The van der Waals surface area contributed by atoms with Crippen molar-refractivity contribution in [3.63, 3.8) is 0 Å². The van der Waals surface area contributed by atoms with Crippen molar-refractivity contribution < 1.29 is 28.2 Å². The minimum absolute atomic E-state index is 0.00879. The van der Waals surface area contributed by atoms with E-state index in [1.54, 1.807) is 18.3 Å². The average Bonchev–Trinajstić information content (AvgIpc) is 3.61. The summed E-state index contributed by atoms with van der Waals surface area (Å²) in [7, 11) is 0. The smallest absolute Gasteiger partial charge is 0.274 e. The number of rotatable bonds is 9. The Bertz CT molecular complexity index is 2250. The molecular formula is C40H45F2N9O4. The molecule has 3 fully saturated rings. The maximum atomic E-state index is 16.7. The van der Waals surface area contributed by atoms with Gasteiger partial charge in [-0.2, -0.15) is 9.49 Å². The molecule has 3 aromatic heterocycles. The maximum absolute atomic E-state index is 16.7. The van der Waals surface area contributed by atoms with Crippen molar-refractivity contribution in [1.82, 2.24) is 39.8 Å². The predicted molar refractivity (Wildman–Crippen MR) is 202 cm³/mol. The number of benzene rings is 2. The molecule has 4 aliphatic heterocycles. The number of nitrogens with one attached hydrogen (secondary N) is 1. The van der Waals surface area contributed by atoms with E-state index in [1.165, 1.54) is 12.1 Å². The van der Waals surface area contributed by atoms with Crippen LogP contribution in [0.1, 0.15) is 54.4 Å².